The number of thiazole rings is 1. The summed E-state index contributed by atoms with van der Waals surface area (Å²) in [5.41, 5.74) is 2.61. The van der Waals surface area contributed by atoms with E-state index in [0.717, 1.165) is 12.1 Å². The zero-order valence-electron chi connectivity index (χ0n) is 14.9. The van der Waals surface area contributed by atoms with Gasteiger partial charge in [0.2, 0.25) is 0 Å². The molecule has 0 aliphatic carbocycles. The number of ether oxygens (including phenoxy) is 1. The number of para-hydroxylation sites is 1. The molecule has 0 saturated carbocycles. The largest absolute Gasteiger partial charge is 0.492 e. The molecule has 1 aliphatic heterocycles. The maximum atomic E-state index is 13.4. The lowest BCUT2D eigenvalue weighted by Crippen LogP contribution is -2.32. The summed E-state index contributed by atoms with van der Waals surface area (Å²) in [6.45, 7) is 0.316. The summed E-state index contributed by atoms with van der Waals surface area (Å²) in [7, 11) is 0. The number of nitrogens with one attached hydrogen (secondary N) is 2. The third-order valence-electron chi connectivity index (χ3n) is 4.46. The lowest BCUT2D eigenvalue weighted by molar-refractivity contribution is 0.0928. The Morgan fingerprint density at radius 3 is 2.76 bits per heavy atom. The van der Waals surface area contributed by atoms with Gasteiger partial charge in [-0.2, -0.15) is 0 Å². The first-order chi connectivity index (χ1) is 14.0. The van der Waals surface area contributed by atoms with Crippen molar-refractivity contribution in [1.82, 2.24) is 10.3 Å². The molecule has 0 fully saturated rings. The van der Waals surface area contributed by atoms with Crippen molar-refractivity contribution in [2.45, 2.75) is 12.5 Å². The molecule has 0 radical (unpaired) electrons. The van der Waals surface area contributed by atoms with Gasteiger partial charge in [-0.15, -0.1) is 11.3 Å². The minimum Gasteiger partial charge on any atom is -0.492 e. The normalized spacial score (nSPS) is 15.2. The second-order valence-corrected chi connectivity index (χ2v) is 7.22. The molecule has 2 aromatic carbocycles. The zero-order chi connectivity index (χ0) is 20.4. The van der Waals surface area contributed by atoms with Gasteiger partial charge in [0.15, 0.2) is 11.6 Å². The van der Waals surface area contributed by atoms with Gasteiger partial charge in [0.25, 0.3) is 11.8 Å². The van der Waals surface area contributed by atoms with Gasteiger partial charge in [-0.25, -0.2) is 8.78 Å². The summed E-state index contributed by atoms with van der Waals surface area (Å²) in [6, 6.07) is 7.81. The Labute approximate surface area is 168 Å². The maximum Gasteiger partial charge on any atom is 0.263 e. The molecular formula is C20H15F2N3O3S. The first kappa shape index (κ1) is 19.0. The first-order valence-corrected chi connectivity index (χ1v) is 9.62. The molecule has 6 nitrogen and oxygen atoms in total. The number of hydrogen-bond acceptors (Lipinski definition) is 5. The van der Waals surface area contributed by atoms with Gasteiger partial charge < -0.3 is 15.4 Å². The van der Waals surface area contributed by atoms with Crippen LogP contribution in [0.25, 0.3) is 0 Å². The Kier molecular flexibility index (Phi) is 5.22. The highest BCUT2D eigenvalue weighted by molar-refractivity contribution is 7.11. The Morgan fingerprint density at radius 2 is 2.00 bits per heavy atom. The van der Waals surface area contributed by atoms with Crippen LogP contribution in [0.3, 0.4) is 0 Å². The number of anilines is 1. The first-order valence-electron chi connectivity index (χ1n) is 8.74. The summed E-state index contributed by atoms with van der Waals surface area (Å²) in [4.78, 5) is 29.5. The highest BCUT2D eigenvalue weighted by Crippen LogP contribution is 2.35. The van der Waals surface area contributed by atoms with Crippen LogP contribution in [0.5, 0.6) is 5.75 Å². The molecule has 2 N–H and O–H groups in total. The second-order valence-electron chi connectivity index (χ2n) is 6.34. The lowest BCUT2D eigenvalue weighted by atomic mass is 9.97. The van der Waals surface area contributed by atoms with Crippen molar-refractivity contribution in [3.05, 3.63) is 75.7 Å². The van der Waals surface area contributed by atoms with E-state index in [1.165, 1.54) is 23.6 Å². The SMILES string of the molecule is O=C(NC1CCOc2c(C(=O)Nc3ccc(F)c(F)c3)cccc21)c1cncs1. The van der Waals surface area contributed by atoms with Crippen LogP contribution in [0.1, 0.15) is 38.1 Å². The molecule has 2 heterocycles. The molecule has 0 spiro atoms. The number of carbonyl (C=O) groups is 2. The molecule has 2 amide bonds. The van der Waals surface area contributed by atoms with E-state index in [9.17, 15) is 18.4 Å². The van der Waals surface area contributed by atoms with E-state index in [2.05, 4.69) is 15.6 Å². The van der Waals surface area contributed by atoms with E-state index in [1.54, 1.807) is 23.7 Å². The van der Waals surface area contributed by atoms with E-state index in [-0.39, 0.29) is 23.2 Å². The number of benzene rings is 2. The van der Waals surface area contributed by atoms with Gasteiger partial charge in [0.1, 0.15) is 10.6 Å². The summed E-state index contributed by atoms with van der Waals surface area (Å²) >= 11 is 1.24. The van der Waals surface area contributed by atoms with Gasteiger partial charge in [-0.3, -0.25) is 14.6 Å². The summed E-state index contributed by atoms with van der Waals surface area (Å²) < 4.78 is 32.2. The Hall–Kier alpha value is -3.33. The van der Waals surface area contributed by atoms with Crippen LogP contribution in [0.4, 0.5) is 14.5 Å². The van der Waals surface area contributed by atoms with Crippen molar-refractivity contribution >= 4 is 28.8 Å². The molecule has 4 rings (SSSR count). The van der Waals surface area contributed by atoms with Crippen LogP contribution >= 0.6 is 11.3 Å². The van der Waals surface area contributed by atoms with Gasteiger partial charge >= 0.3 is 0 Å². The molecule has 1 aromatic heterocycles. The number of rotatable bonds is 4. The fourth-order valence-electron chi connectivity index (χ4n) is 3.08. The zero-order valence-corrected chi connectivity index (χ0v) is 15.8. The Morgan fingerprint density at radius 1 is 1.14 bits per heavy atom. The van der Waals surface area contributed by atoms with E-state index >= 15 is 0 Å². The lowest BCUT2D eigenvalue weighted by Gasteiger charge is -2.28. The van der Waals surface area contributed by atoms with Crippen molar-refractivity contribution in [3.8, 4) is 5.75 Å². The molecule has 148 valence electrons. The molecule has 3 aromatic rings. The Bertz CT molecular complexity index is 1070. The third kappa shape index (κ3) is 3.95. The third-order valence-corrected chi connectivity index (χ3v) is 5.23. The number of hydrogen-bond donors (Lipinski definition) is 2. The quantitative estimate of drug-likeness (QED) is 0.677. The van der Waals surface area contributed by atoms with Crippen molar-refractivity contribution < 1.29 is 23.1 Å². The predicted molar refractivity (Wildman–Crippen MR) is 103 cm³/mol. The maximum absolute atomic E-state index is 13.4. The minimum absolute atomic E-state index is 0.123. The number of halogens is 2. The molecule has 1 atom stereocenters. The summed E-state index contributed by atoms with van der Waals surface area (Å²) in [5, 5.41) is 5.47. The van der Waals surface area contributed by atoms with Crippen LogP contribution in [0, 0.1) is 11.6 Å². The monoisotopic (exact) mass is 415 g/mol. The number of nitrogens with zero attached hydrogens (tertiary/aromatic N) is 1. The minimum atomic E-state index is -1.06. The molecule has 0 saturated heterocycles. The van der Waals surface area contributed by atoms with Gasteiger partial charge in [-0.1, -0.05) is 12.1 Å². The van der Waals surface area contributed by atoms with Crippen LogP contribution in [0.15, 0.2) is 48.1 Å². The van der Waals surface area contributed by atoms with E-state index < -0.39 is 17.5 Å². The van der Waals surface area contributed by atoms with Crippen molar-refractivity contribution in [3.63, 3.8) is 0 Å². The van der Waals surface area contributed by atoms with E-state index in [0.29, 0.717) is 29.2 Å². The van der Waals surface area contributed by atoms with Gasteiger partial charge in [0, 0.05) is 23.7 Å². The van der Waals surface area contributed by atoms with Crippen LogP contribution in [-0.4, -0.2) is 23.4 Å². The van der Waals surface area contributed by atoms with E-state index in [1.807, 2.05) is 0 Å². The highest BCUT2D eigenvalue weighted by Gasteiger charge is 2.27. The van der Waals surface area contributed by atoms with Crippen LogP contribution < -0.4 is 15.4 Å². The summed E-state index contributed by atoms with van der Waals surface area (Å²) in [6.07, 6.45) is 2.04. The highest BCUT2D eigenvalue weighted by atomic mass is 32.1. The summed E-state index contributed by atoms with van der Waals surface area (Å²) in [5.74, 6) is -2.47. The molecule has 1 aliphatic rings. The van der Waals surface area contributed by atoms with Crippen LogP contribution in [0.2, 0.25) is 0 Å². The average Bonchev–Trinajstić information content (AvgIpc) is 3.25. The Balaban J connectivity index is 1.57. The topological polar surface area (TPSA) is 80.3 Å². The van der Waals surface area contributed by atoms with Crippen molar-refractivity contribution in [1.29, 1.82) is 0 Å². The smallest absolute Gasteiger partial charge is 0.263 e. The fourth-order valence-corrected chi connectivity index (χ4v) is 3.61. The fraction of sp³-hybridized carbons (Fsp3) is 0.150. The number of carbonyl (C=O) groups excluding carboxylic acids is 2. The van der Waals surface area contributed by atoms with E-state index in [4.69, 9.17) is 4.74 Å². The van der Waals surface area contributed by atoms with Gasteiger partial charge in [-0.05, 0) is 18.2 Å². The molecule has 9 heteroatoms. The van der Waals surface area contributed by atoms with Crippen molar-refractivity contribution in [2.24, 2.45) is 0 Å². The predicted octanol–water partition coefficient (Wildman–Crippen LogP) is 3.93. The number of fused-ring (bicyclic) bond motifs is 1. The number of amides is 2. The number of aromatic nitrogens is 1. The standard InChI is InChI=1S/C20H15F2N3O3S/c21-14-5-4-11(8-15(14)22)24-19(26)13-3-1-2-12-16(6-7-28-18(12)13)25-20(27)17-9-23-10-29-17/h1-5,8-10,16H,6-7H2,(H,24,26)(H,25,27). The average molecular weight is 415 g/mol. The molecule has 1 unspecified atom stereocenters. The van der Waals surface area contributed by atoms with Gasteiger partial charge in [0.05, 0.1) is 29.9 Å². The molecular weight excluding hydrogens is 400 g/mol. The molecule has 29 heavy (non-hydrogen) atoms. The van der Waals surface area contributed by atoms with Crippen molar-refractivity contribution in [2.75, 3.05) is 11.9 Å². The van der Waals surface area contributed by atoms with Crippen LogP contribution in [-0.2, 0) is 0 Å². The second kappa shape index (κ2) is 7.96. The molecule has 0 bridgehead atoms.